The fourth-order valence-corrected chi connectivity index (χ4v) is 3.02. The van der Waals surface area contributed by atoms with Gasteiger partial charge in [0.2, 0.25) is 5.95 Å². The molecule has 2 heterocycles. The van der Waals surface area contributed by atoms with Crippen LogP contribution in [0.2, 0.25) is 5.02 Å². The number of nitrogens with one attached hydrogen (secondary N) is 1. The molecule has 7 nitrogen and oxygen atoms in total. The zero-order valence-corrected chi connectivity index (χ0v) is 14.6. The summed E-state index contributed by atoms with van der Waals surface area (Å²) < 4.78 is 1.89. The summed E-state index contributed by atoms with van der Waals surface area (Å²) in [6.45, 7) is 1.92. The summed E-state index contributed by atoms with van der Waals surface area (Å²) in [7, 11) is 0. The van der Waals surface area contributed by atoms with E-state index in [1.54, 1.807) is 18.2 Å². The molecule has 0 saturated heterocycles. The van der Waals surface area contributed by atoms with Gasteiger partial charge in [-0.2, -0.15) is 0 Å². The van der Waals surface area contributed by atoms with E-state index in [9.17, 15) is 0 Å². The van der Waals surface area contributed by atoms with E-state index in [2.05, 4.69) is 15.5 Å². The van der Waals surface area contributed by atoms with E-state index in [0.717, 1.165) is 22.4 Å². The lowest BCUT2D eigenvalue weighted by atomic mass is 10.1. The standard InChI is InChI=1S/C18H15ClN6O/c1-10-9-25-17(21-10)14-6-5-11(16(20)24-26)7-15(14)23-18(25)22-13-4-2-3-12(19)8-13/h2-9,26H,1H3,(H2,20,24)(H,22,23). The highest BCUT2D eigenvalue weighted by atomic mass is 35.5. The number of halogens is 1. The van der Waals surface area contributed by atoms with Crippen molar-refractivity contribution in [2.75, 3.05) is 5.32 Å². The predicted molar refractivity (Wildman–Crippen MR) is 102 cm³/mol. The highest BCUT2D eigenvalue weighted by molar-refractivity contribution is 6.30. The van der Waals surface area contributed by atoms with Crippen molar-refractivity contribution in [2.45, 2.75) is 6.92 Å². The van der Waals surface area contributed by atoms with Crippen molar-refractivity contribution in [1.29, 1.82) is 0 Å². The lowest BCUT2D eigenvalue weighted by Crippen LogP contribution is -2.13. The van der Waals surface area contributed by atoms with E-state index in [-0.39, 0.29) is 5.84 Å². The Morgan fingerprint density at radius 2 is 2.08 bits per heavy atom. The van der Waals surface area contributed by atoms with E-state index in [4.69, 9.17) is 27.5 Å². The Morgan fingerprint density at radius 3 is 2.85 bits per heavy atom. The SMILES string of the molecule is Cc1cn2c(Nc3cccc(Cl)c3)nc3cc(/C(N)=N/O)ccc3c2n1. The highest BCUT2D eigenvalue weighted by Crippen LogP contribution is 2.26. The first-order chi connectivity index (χ1) is 12.5. The van der Waals surface area contributed by atoms with Crippen LogP contribution in [0.3, 0.4) is 0 Å². The molecular weight excluding hydrogens is 352 g/mol. The Balaban J connectivity index is 1.94. The molecule has 0 aliphatic rings. The van der Waals surface area contributed by atoms with Gasteiger partial charge in [0.05, 0.1) is 11.2 Å². The average Bonchev–Trinajstić information content (AvgIpc) is 3.02. The molecule has 2 aromatic carbocycles. The monoisotopic (exact) mass is 366 g/mol. The Bertz CT molecular complexity index is 1170. The van der Waals surface area contributed by atoms with Gasteiger partial charge in [-0.05, 0) is 37.3 Å². The molecule has 0 spiro atoms. The molecule has 4 aromatic rings. The minimum absolute atomic E-state index is 0.0254. The summed E-state index contributed by atoms with van der Waals surface area (Å²) in [5.41, 5.74) is 9.40. The number of oxime groups is 1. The third-order valence-corrected chi connectivity index (χ3v) is 4.24. The summed E-state index contributed by atoms with van der Waals surface area (Å²) in [6, 6.07) is 12.8. The zero-order valence-electron chi connectivity index (χ0n) is 13.8. The van der Waals surface area contributed by atoms with Crippen molar-refractivity contribution >= 4 is 45.6 Å². The second-order valence-electron chi connectivity index (χ2n) is 5.86. The maximum Gasteiger partial charge on any atom is 0.213 e. The lowest BCUT2D eigenvalue weighted by Gasteiger charge is -2.11. The minimum Gasteiger partial charge on any atom is -0.409 e. The molecule has 0 saturated carbocycles. The molecule has 0 unspecified atom stereocenters. The van der Waals surface area contributed by atoms with Crippen molar-refractivity contribution in [3.63, 3.8) is 0 Å². The van der Waals surface area contributed by atoms with E-state index in [1.807, 2.05) is 41.8 Å². The van der Waals surface area contributed by atoms with Gasteiger partial charge in [0.25, 0.3) is 0 Å². The van der Waals surface area contributed by atoms with Gasteiger partial charge < -0.3 is 16.3 Å². The van der Waals surface area contributed by atoms with Gasteiger partial charge in [0, 0.05) is 27.9 Å². The van der Waals surface area contributed by atoms with Gasteiger partial charge in [-0.25, -0.2) is 9.97 Å². The molecule has 0 bridgehead atoms. The van der Waals surface area contributed by atoms with Crippen LogP contribution in [0.4, 0.5) is 11.6 Å². The number of nitrogens with two attached hydrogens (primary N) is 1. The van der Waals surface area contributed by atoms with Crippen molar-refractivity contribution in [3.8, 4) is 0 Å². The number of hydrogen-bond donors (Lipinski definition) is 3. The topological polar surface area (TPSA) is 101 Å². The maximum absolute atomic E-state index is 8.91. The lowest BCUT2D eigenvalue weighted by molar-refractivity contribution is 0.318. The maximum atomic E-state index is 8.91. The Morgan fingerprint density at radius 1 is 1.23 bits per heavy atom. The smallest absolute Gasteiger partial charge is 0.213 e. The Hall–Kier alpha value is -3.32. The molecule has 0 aliphatic heterocycles. The van der Waals surface area contributed by atoms with Crippen molar-refractivity contribution < 1.29 is 5.21 Å². The third-order valence-electron chi connectivity index (χ3n) is 4.00. The fraction of sp³-hybridized carbons (Fsp3) is 0.0556. The fourth-order valence-electron chi connectivity index (χ4n) is 2.83. The molecule has 4 N–H and O–H groups in total. The van der Waals surface area contributed by atoms with Gasteiger partial charge in [0.15, 0.2) is 5.84 Å². The minimum atomic E-state index is 0.0254. The van der Waals surface area contributed by atoms with Crippen LogP contribution < -0.4 is 11.1 Å². The number of nitrogens with zero attached hydrogens (tertiary/aromatic N) is 4. The molecule has 0 fully saturated rings. The molecule has 2 aromatic heterocycles. The number of anilines is 2. The van der Waals surface area contributed by atoms with E-state index >= 15 is 0 Å². The first-order valence-corrected chi connectivity index (χ1v) is 8.23. The number of rotatable bonds is 3. The van der Waals surface area contributed by atoms with Crippen molar-refractivity contribution in [2.24, 2.45) is 10.9 Å². The first-order valence-electron chi connectivity index (χ1n) is 7.85. The van der Waals surface area contributed by atoms with E-state index in [0.29, 0.717) is 22.1 Å². The molecule has 8 heteroatoms. The number of benzene rings is 2. The van der Waals surface area contributed by atoms with Crippen LogP contribution in [0.25, 0.3) is 16.6 Å². The van der Waals surface area contributed by atoms with Crippen LogP contribution >= 0.6 is 11.6 Å². The Kier molecular flexibility index (Phi) is 3.85. The van der Waals surface area contributed by atoms with E-state index in [1.165, 1.54) is 0 Å². The normalized spacial score (nSPS) is 12.0. The summed E-state index contributed by atoms with van der Waals surface area (Å²) in [5, 5.41) is 16.7. The summed E-state index contributed by atoms with van der Waals surface area (Å²) >= 11 is 6.07. The van der Waals surface area contributed by atoms with Crippen molar-refractivity contribution in [1.82, 2.24) is 14.4 Å². The van der Waals surface area contributed by atoms with Gasteiger partial charge >= 0.3 is 0 Å². The number of imidazole rings is 1. The molecule has 0 aliphatic carbocycles. The molecule has 26 heavy (non-hydrogen) atoms. The van der Waals surface area contributed by atoms with Gasteiger partial charge in [-0.1, -0.05) is 28.9 Å². The number of hydrogen-bond acceptors (Lipinski definition) is 5. The largest absolute Gasteiger partial charge is 0.409 e. The number of amidine groups is 1. The molecule has 130 valence electrons. The van der Waals surface area contributed by atoms with Gasteiger partial charge in [-0.3, -0.25) is 4.40 Å². The predicted octanol–water partition coefficient (Wildman–Crippen LogP) is 3.68. The summed E-state index contributed by atoms with van der Waals surface area (Å²) in [5.74, 6) is 0.615. The zero-order chi connectivity index (χ0) is 18.3. The highest BCUT2D eigenvalue weighted by Gasteiger charge is 2.12. The average molecular weight is 367 g/mol. The van der Waals surface area contributed by atoms with E-state index < -0.39 is 0 Å². The molecular formula is C18H15ClN6O. The van der Waals surface area contributed by atoms with Gasteiger partial charge in [0.1, 0.15) is 5.65 Å². The molecule has 0 radical (unpaired) electrons. The van der Waals surface area contributed by atoms with Crippen LogP contribution in [0.5, 0.6) is 0 Å². The second-order valence-corrected chi connectivity index (χ2v) is 6.30. The van der Waals surface area contributed by atoms with Crippen molar-refractivity contribution in [3.05, 3.63) is 64.9 Å². The summed E-state index contributed by atoms with van der Waals surface area (Å²) in [4.78, 5) is 9.30. The number of aromatic nitrogens is 3. The number of fused-ring (bicyclic) bond motifs is 3. The molecule has 4 rings (SSSR count). The summed E-state index contributed by atoms with van der Waals surface area (Å²) in [6.07, 6.45) is 1.91. The first kappa shape index (κ1) is 16.2. The Labute approximate surface area is 153 Å². The quantitative estimate of drug-likeness (QED) is 0.222. The second kappa shape index (κ2) is 6.20. The van der Waals surface area contributed by atoms with Crippen LogP contribution in [0.15, 0.2) is 53.8 Å². The van der Waals surface area contributed by atoms with Crippen LogP contribution in [0.1, 0.15) is 11.3 Å². The number of aryl methyl sites for hydroxylation is 1. The van der Waals surface area contributed by atoms with Crippen LogP contribution in [-0.2, 0) is 0 Å². The van der Waals surface area contributed by atoms with Gasteiger partial charge in [-0.15, -0.1) is 0 Å². The third kappa shape index (κ3) is 2.78. The van der Waals surface area contributed by atoms with Crippen LogP contribution in [0, 0.1) is 6.92 Å². The molecule has 0 atom stereocenters. The molecule has 0 amide bonds. The van der Waals surface area contributed by atoms with Crippen LogP contribution in [-0.4, -0.2) is 25.4 Å².